The van der Waals surface area contributed by atoms with Crippen LogP contribution in [0.3, 0.4) is 0 Å². The molecule has 0 fully saturated rings. The third kappa shape index (κ3) is 4.86. The van der Waals surface area contributed by atoms with E-state index < -0.39 is 11.6 Å². The van der Waals surface area contributed by atoms with E-state index >= 15 is 0 Å². The Morgan fingerprint density at radius 1 is 1.21 bits per heavy atom. The number of aromatic nitrogens is 2. The summed E-state index contributed by atoms with van der Waals surface area (Å²) >= 11 is 5.44. The standard InChI is InChI=1S/C21H21F2N3OS.ClH/c22-16-8-15-9-18(13-27-20(15)19(23)10-16)26-17(12-25-21(26)28)6-7-24-11-14-4-2-1-3-5-14;/h1-5,8,10,12,18,24H,6-7,9,11,13H2,(H,25,28);1H. The number of hydrogen-bond donors (Lipinski definition) is 2. The van der Waals surface area contributed by atoms with Gasteiger partial charge in [0, 0.05) is 49.5 Å². The van der Waals surface area contributed by atoms with Crippen LogP contribution in [0.2, 0.25) is 0 Å². The smallest absolute Gasteiger partial charge is 0.177 e. The predicted octanol–water partition coefficient (Wildman–Crippen LogP) is 4.75. The lowest BCUT2D eigenvalue weighted by atomic mass is 10.0. The van der Waals surface area contributed by atoms with E-state index in [2.05, 4.69) is 22.4 Å². The van der Waals surface area contributed by atoms with Gasteiger partial charge in [0.15, 0.2) is 16.3 Å². The van der Waals surface area contributed by atoms with Crippen LogP contribution < -0.4 is 10.1 Å². The summed E-state index contributed by atoms with van der Waals surface area (Å²) in [7, 11) is 0. The number of nitrogens with one attached hydrogen (secondary N) is 2. The van der Waals surface area contributed by atoms with Crippen molar-refractivity contribution in [1.82, 2.24) is 14.9 Å². The Hall–Kier alpha value is -2.22. The summed E-state index contributed by atoms with van der Waals surface area (Å²) < 4.78 is 35.7. The fourth-order valence-corrected chi connectivity index (χ4v) is 3.96. The second kappa shape index (κ2) is 9.52. The molecule has 2 N–H and O–H groups in total. The Bertz CT molecular complexity index is 1020. The maximum absolute atomic E-state index is 13.9. The number of H-pyrrole nitrogens is 1. The molecule has 4 nitrogen and oxygen atoms in total. The van der Waals surface area contributed by atoms with Crippen molar-refractivity contribution in [3.63, 3.8) is 0 Å². The van der Waals surface area contributed by atoms with Crippen LogP contribution in [0.1, 0.15) is 22.9 Å². The zero-order valence-electron chi connectivity index (χ0n) is 15.7. The molecule has 2 heterocycles. The number of fused-ring (bicyclic) bond motifs is 1. The summed E-state index contributed by atoms with van der Waals surface area (Å²) in [4.78, 5) is 3.09. The van der Waals surface area contributed by atoms with E-state index in [0.29, 0.717) is 23.4 Å². The molecule has 0 radical (unpaired) electrons. The highest BCUT2D eigenvalue weighted by Gasteiger charge is 2.26. The van der Waals surface area contributed by atoms with Crippen molar-refractivity contribution in [1.29, 1.82) is 0 Å². The molecule has 0 spiro atoms. The third-order valence-electron chi connectivity index (χ3n) is 4.95. The Balaban J connectivity index is 0.00000240. The van der Waals surface area contributed by atoms with Gasteiger partial charge in [0.25, 0.3) is 0 Å². The SMILES string of the molecule is Cl.Fc1cc(F)c2c(c1)CC(n1c(CCNCc3ccccc3)c[nH]c1=S)CO2. The molecule has 1 aromatic heterocycles. The lowest BCUT2D eigenvalue weighted by Crippen LogP contribution is -2.27. The molecule has 1 aliphatic heterocycles. The number of imidazole rings is 1. The maximum Gasteiger partial charge on any atom is 0.177 e. The fourth-order valence-electron chi connectivity index (χ4n) is 3.64. The van der Waals surface area contributed by atoms with Crippen LogP contribution in [0.15, 0.2) is 48.7 Å². The van der Waals surface area contributed by atoms with Gasteiger partial charge in [-0.1, -0.05) is 30.3 Å². The predicted molar refractivity (Wildman–Crippen MR) is 113 cm³/mol. The van der Waals surface area contributed by atoms with E-state index in [1.165, 1.54) is 11.6 Å². The van der Waals surface area contributed by atoms with E-state index in [1.54, 1.807) is 0 Å². The van der Waals surface area contributed by atoms with Gasteiger partial charge in [0.05, 0.1) is 6.04 Å². The Morgan fingerprint density at radius 3 is 2.79 bits per heavy atom. The molecule has 0 bridgehead atoms. The fraction of sp³-hybridized carbons (Fsp3) is 0.286. The first-order valence-corrected chi connectivity index (χ1v) is 9.67. The number of aromatic amines is 1. The largest absolute Gasteiger partial charge is 0.488 e. The van der Waals surface area contributed by atoms with Crippen LogP contribution in [-0.2, 0) is 19.4 Å². The first-order valence-electron chi connectivity index (χ1n) is 9.26. The number of nitrogens with zero attached hydrogens (tertiary/aromatic N) is 1. The van der Waals surface area contributed by atoms with Gasteiger partial charge in [0.2, 0.25) is 0 Å². The van der Waals surface area contributed by atoms with E-state index in [4.69, 9.17) is 17.0 Å². The highest BCUT2D eigenvalue weighted by molar-refractivity contribution is 7.71. The van der Waals surface area contributed by atoms with Gasteiger partial charge >= 0.3 is 0 Å². The van der Waals surface area contributed by atoms with Crippen molar-refractivity contribution in [3.05, 3.63) is 81.9 Å². The molecule has 154 valence electrons. The zero-order chi connectivity index (χ0) is 19.5. The Kier molecular flexibility index (Phi) is 7.05. The van der Waals surface area contributed by atoms with Crippen molar-refractivity contribution in [2.24, 2.45) is 0 Å². The maximum atomic E-state index is 13.9. The van der Waals surface area contributed by atoms with Crippen LogP contribution >= 0.6 is 24.6 Å². The average Bonchev–Trinajstić information content (AvgIpc) is 3.06. The molecular formula is C21H22ClF2N3OS. The van der Waals surface area contributed by atoms with Crippen LogP contribution in [0, 0.1) is 16.4 Å². The minimum Gasteiger partial charge on any atom is -0.488 e. The van der Waals surface area contributed by atoms with Crippen LogP contribution in [-0.4, -0.2) is 22.7 Å². The normalized spacial score (nSPS) is 15.3. The number of hydrogen-bond acceptors (Lipinski definition) is 3. The van der Waals surface area contributed by atoms with Crippen LogP contribution in [0.25, 0.3) is 0 Å². The molecule has 8 heteroatoms. The second-order valence-corrected chi connectivity index (χ2v) is 7.30. The molecule has 3 aromatic rings. The van der Waals surface area contributed by atoms with Crippen molar-refractivity contribution in [2.45, 2.75) is 25.4 Å². The quantitative estimate of drug-likeness (QED) is 0.432. The molecular weight excluding hydrogens is 416 g/mol. The third-order valence-corrected chi connectivity index (χ3v) is 5.26. The lowest BCUT2D eigenvalue weighted by molar-refractivity contribution is 0.210. The van der Waals surface area contributed by atoms with Crippen LogP contribution in [0.4, 0.5) is 8.78 Å². The van der Waals surface area contributed by atoms with E-state index in [-0.39, 0.29) is 24.2 Å². The highest BCUT2D eigenvalue weighted by atomic mass is 35.5. The second-order valence-electron chi connectivity index (χ2n) is 6.91. The Morgan fingerprint density at radius 2 is 2.00 bits per heavy atom. The molecule has 2 aromatic carbocycles. The molecule has 0 saturated carbocycles. The van der Waals surface area contributed by atoms with Gasteiger partial charge in [-0.2, -0.15) is 0 Å². The summed E-state index contributed by atoms with van der Waals surface area (Å²) in [5.41, 5.74) is 2.80. The summed E-state index contributed by atoms with van der Waals surface area (Å²) in [6.45, 7) is 1.88. The topological polar surface area (TPSA) is 42.0 Å². The molecule has 0 saturated heterocycles. The summed E-state index contributed by atoms with van der Waals surface area (Å²) in [5.74, 6) is -1.11. The van der Waals surface area contributed by atoms with Gasteiger partial charge in [-0.05, 0) is 23.8 Å². The molecule has 0 aliphatic carbocycles. The van der Waals surface area contributed by atoms with E-state index in [0.717, 1.165) is 31.3 Å². The first kappa shape index (κ1) is 21.5. The van der Waals surface area contributed by atoms with Crippen molar-refractivity contribution < 1.29 is 13.5 Å². The molecule has 0 amide bonds. The molecule has 1 unspecified atom stereocenters. The van der Waals surface area contributed by atoms with Gasteiger partial charge in [-0.25, -0.2) is 8.78 Å². The number of benzene rings is 2. The summed E-state index contributed by atoms with van der Waals surface area (Å²) in [6, 6.07) is 12.3. The van der Waals surface area contributed by atoms with Gasteiger partial charge in [0.1, 0.15) is 12.4 Å². The number of halogens is 3. The van der Waals surface area contributed by atoms with E-state index in [9.17, 15) is 8.78 Å². The molecule has 1 atom stereocenters. The zero-order valence-corrected chi connectivity index (χ0v) is 17.3. The van der Waals surface area contributed by atoms with Crippen LogP contribution in [0.5, 0.6) is 5.75 Å². The van der Waals surface area contributed by atoms with Gasteiger partial charge in [-0.15, -0.1) is 12.4 Å². The molecule has 29 heavy (non-hydrogen) atoms. The Labute approximate surface area is 179 Å². The lowest BCUT2D eigenvalue weighted by Gasteiger charge is -2.28. The van der Waals surface area contributed by atoms with E-state index in [1.807, 2.05) is 29.0 Å². The number of rotatable bonds is 6. The first-order chi connectivity index (χ1) is 13.6. The van der Waals surface area contributed by atoms with Crippen molar-refractivity contribution in [2.75, 3.05) is 13.2 Å². The van der Waals surface area contributed by atoms with Gasteiger partial charge in [-0.3, -0.25) is 0 Å². The molecule has 4 rings (SSSR count). The van der Waals surface area contributed by atoms with Crippen molar-refractivity contribution in [3.8, 4) is 5.75 Å². The minimum absolute atomic E-state index is 0. The highest BCUT2D eigenvalue weighted by Crippen LogP contribution is 2.33. The number of ether oxygens (including phenoxy) is 1. The van der Waals surface area contributed by atoms with Crippen molar-refractivity contribution >= 4 is 24.6 Å². The van der Waals surface area contributed by atoms with Gasteiger partial charge < -0.3 is 19.6 Å². The average molecular weight is 438 g/mol. The summed E-state index contributed by atoms with van der Waals surface area (Å²) in [5, 5.41) is 3.43. The monoisotopic (exact) mass is 437 g/mol. The summed E-state index contributed by atoms with van der Waals surface area (Å²) in [6.07, 6.45) is 3.15. The minimum atomic E-state index is -0.656. The molecule has 1 aliphatic rings.